The van der Waals surface area contributed by atoms with Gasteiger partial charge in [-0.25, -0.2) is 9.50 Å². The maximum absolute atomic E-state index is 12.7. The maximum atomic E-state index is 12.7. The first-order valence-corrected chi connectivity index (χ1v) is 10.7. The van der Waals surface area contributed by atoms with E-state index in [9.17, 15) is 8.42 Å². The molecular formula is C17H25N5O4S. The fourth-order valence-electron chi connectivity index (χ4n) is 3.51. The Morgan fingerprint density at radius 2 is 1.85 bits per heavy atom. The maximum Gasteiger partial charge on any atom is 0.282 e. The van der Waals surface area contributed by atoms with E-state index in [0.717, 1.165) is 24.2 Å². The number of fused-ring (bicyclic) bond motifs is 1. The van der Waals surface area contributed by atoms with Crippen LogP contribution in [0.15, 0.2) is 18.3 Å². The van der Waals surface area contributed by atoms with Crippen LogP contribution in [-0.4, -0.2) is 77.6 Å². The summed E-state index contributed by atoms with van der Waals surface area (Å²) >= 11 is 0. The minimum Gasteiger partial charge on any atom is -0.476 e. The van der Waals surface area contributed by atoms with Gasteiger partial charge in [0.05, 0.1) is 31.7 Å². The summed E-state index contributed by atoms with van der Waals surface area (Å²) in [5.41, 5.74) is 1.70. The summed E-state index contributed by atoms with van der Waals surface area (Å²) in [5.74, 6) is 0.881. The number of hydrogen-bond donors (Lipinski definition) is 0. The topological polar surface area (TPSA) is 89.3 Å². The van der Waals surface area contributed by atoms with E-state index in [-0.39, 0.29) is 0 Å². The first-order chi connectivity index (χ1) is 13.0. The molecule has 0 bridgehead atoms. The lowest BCUT2D eigenvalue weighted by molar-refractivity contribution is 0.0688. The van der Waals surface area contributed by atoms with Crippen molar-refractivity contribution in [3.63, 3.8) is 0 Å². The van der Waals surface area contributed by atoms with Gasteiger partial charge in [0.15, 0.2) is 5.65 Å². The third kappa shape index (κ3) is 4.08. The van der Waals surface area contributed by atoms with Crippen molar-refractivity contribution >= 4 is 15.9 Å². The van der Waals surface area contributed by atoms with Crippen LogP contribution in [0.2, 0.25) is 0 Å². The number of nitrogens with zero attached hydrogens (tertiary/aromatic N) is 5. The lowest BCUT2D eigenvalue weighted by Gasteiger charge is -2.36. The van der Waals surface area contributed by atoms with E-state index in [1.54, 1.807) is 8.82 Å². The van der Waals surface area contributed by atoms with Gasteiger partial charge in [0.1, 0.15) is 0 Å². The zero-order valence-electron chi connectivity index (χ0n) is 15.5. The van der Waals surface area contributed by atoms with E-state index in [2.05, 4.69) is 10.1 Å². The highest BCUT2D eigenvalue weighted by Crippen LogP contribution is 2.23. The predicted octanol–water partition coefficient (Wildman–Crippen LogP) is 0.706. The predicted molar refractivity (Wildman–Crippen MR) is 98.8 cm³/mol. The van der Waals surface area contributed by atoms with Gasteiger partial charge in [-0.05, 0) is 31.7 Å². The van der Waals surface area contributed by atoms with Crippen molar-refractivity contribution in [2.45, 2.75) is 19.8 Å². The molecule has 0 spiro atoms. The summed E-state index contributed by atoms with van der Waals surface area (Å²) in [7, 11) is -3.37. The number of aromatic nitrogens is 3. The smallest absolute Gasteiger partial charge is 0.282 e. The Morgan fingerprint density at radius 1 is 1.15 bits per heavy atom. The van der Waals surface area contributed by atoms with Crippen LogP contribution in [0.25, 0.3) is 5.65 Å². The van der Waals surface area contributed by atoms with Crippen molar-refractivity contribution in [2.24, 2.45) is 5.92 Å². The monoisotopic (exact) mass is 395 g/mol. The largest absolute Gasteiger partial charge is 0.476 e. The normalized spacial score (nSPS) is 20.9. The second-order valence-electron chi connectivity index (χ2n) is 7.03. The van der Waals surface area contributed by atoms with Crippen molar-refractivity contribution in [3.8, 4) is 5.88 Å². The van der Waals surface area contributed by atoms with Crippen LogP contribution in [0.1, 0.15) is 18.5 Å². The molecule has 9 nitrogen and oxygen atoms in total. The van der Waals surface area contributed by atoms with Gasteiger partial charge >= 0.3 is 0 Å². The molecule has 0 unspecified atom stereocenters. The summed E-state index contributed by atoms with van der Waals surface area (Å²) in [6.07, 6.45) is 3.43. The molecule has 148 valence electrons. The van der Waals surface area contributed by atoms with Gasteiger partial charge in [-0.3, -0.25) is 0 Å². The lowest BCUT2D eigenvalue weighted by atomic mass is 9.99. The number of aryl methyl sites for hydroxylation is 1. The van der Waals surface area contributed by atoms with Crippen LogP contribution in [0.3, 0.4) is 0 Å². The van der Waals surface area contributed by atoms with E-state index >= 15 is 0 Å². The molecule has 0 atom stereocenters. The summed E-state index contributed by atoms with van der Waals surface area (Å²) in [6, 6.07) is 3.70. The highest BCUT2D eigenvalue weighted by Gasteiger charge is 2.33. The molecule has 0 N–H and O–H groups in total. The van der Waals surface area contributed by atoms with Crippen LogP contribution < -0.4 is 4.74 Å². The fourth-order valence-corrected chi connectivity index (χ4v) is 5.12. The van der Waals surface area contributed by atoms with Gasteiger partial charge in [0.2, 0.25) is 5.88 Å². The molecule has 4 rings (SSSR count). The van der Waals surface area contributed by atoms with Gasteiger partial charge in [-0.15, -0.1) is 5.10 Å². The van der Waals surface area contributed by atoms with E-state index in [4.69, 9.17) is 9.47 Å². The quantitative estimate of drug-likeness (QED) is 0.741. The molecule has 0 saturated carbocycles. The number of imidazole rings is 1. The molecule has 27 heavy (non-hydrogen) atoms. The lowest BCUT2D eigenvalue weighted by Crippen LogP contribution is -2.51. The van der Waals surface area contributed by atoms with Gasteiger partial charge < -0.3 is 9.47 Å². The molecule has 4 heterocycles. The van der Waals surface area contributed by atoms with E-state index in [1.807, 2.05) is 25.3 Å². The number of ether oxygens (including phenoxy) is 2. The molecule has 2 aromatic heterocycles. The molecule has 2 aliphatic heterocycles. The van der Waals surface area contributed by atoms with Gasteiger partial charge in [0.25, 0.3) is 10.2 Å². The number of morpholine rings is 1. The van der Waals surface area contributed by atoms with Gasteiger partial charge in [0, 0.05) is 32.2 Å². The molecule has 0 radical (unpaired) electrons. The van der Waals surface area contributed by atoms with Crippen LogP contribution in [0.5, 0.6) is 5.88 Å². The molecular weight excluding hydrogens is 370 g/mol. The highest BCUT2D eigenvalue weighted by molar-refractivity contribution is 7.86. The Morgan fingerprint density at radius 3 is 2.59 bits per heavy atom. The molecule has 2 fully saturated rings. The Hall–Kier alpha value is -1.75. The molecule has 0 aromatic carbocycles. The Bertz CT molecular complexity index is 886. The van der Waals surface area contributed by atoms with Crippen LogP contribution in [-0.2, 0) is 14.9 Å². The third-order valence-corrected chi connectivity index (χ3v) is 7.11. The average molecular weight is 395 g/mol. The number of piperidine rings is 1. The van der Waals surface area contributed by atoms with Crippen molar-refractivity contribution < 1.29 is 17.9 Å². The minimum absolute atomic E-state index is 0.322. The number of hydrogen-bond acceptors (Lipinski definition) is 6. The second kappa shape index (κ2) is 7.70. The summed E-state index contributed by atoms with van der Waals surface area (Å²) < 4.78 is 41.3. The highest BCUT2D eigenvalue weighted by atomic mass is 32.2. The molecule has 0 amide bonds. The van der Waals surface area contributed by atoms with Crippen LogP contribution in [0, 0.1) is 12.8 Å². The third-order valence-electron chi connectivity index (χ3n) is 5.08. The average Bonchev–Trinajstić information content (AvgIpc) is 3.06. The summed E-state index contributed by atoms with van der Waals surface area (Å²) in [4.78, 5) is 4.34. The molecule has 2 aromatic rings. The zero-order chi connectivity index (χ0) is 18.9. The van der Waals surface area contributed by atoms with Gasteiger partial charge in [-0.2, -0.15) is 17.0 Å². The standard InChI is InChI=1S/C17H25N5O4S/c1-14-12-22-16(18-14)2-3-17(19-22)26-13-15-4-6-20(7-5-15)27(23,24)21-8-10-25-11-9-21/h2-3,12,15H,4-11,13H2,1H3. The Balaban J connectivity index is 1.29. The minimum atomic E-state index is -3.37. The second-order valence-corrected chi connectivity index (χ2v) is 8.96. The Labute approximate surface area is 159 Å². The number of rotatable bonds is 5. The SMILES string of the molecule is Cc1cn2nc(OCC3CCN(S(=O)(=O)N4CCOCC4)CC3)ccc2n1. The van der Waals surface area contributed by atoms with E-state index < -0.39 is 10.2 Å². The van der Waals surface area contributed by atoms with E-state index in [0.29, 0.717) is 57.8 Å². The molecule has 2 aliphatic rings. The summed E-state index contributed by atoms with van der Waals surface area (Å²) in [6.45, 7) is 5.34. The van der Waals surface area contributed by atoms with E-state index in [1.165, 1.54) is 4.31 Å². The first-order valence-electron chi connectivity index (χ1n) is 9.31. The van der Waals surface area contributed by atoms with Crippen molar-refractivity contribution in [2.75, 3.05) is 46.0 Å². The fraction of sp³-hybridized carbons (Fsp3) is 0.647. The molecule has 10 heteroatoms. The van der Waals surface area contributed by atoms with Crippen molar-refractivity contribution in [1.82, 2.24) is 23.2 Å². The Kier molecular flexibility index (Phi) is 5.31. The van der Waals surface area contributed by atoms with Crippen molar-refractivity contribution in [3.05, 3.63) is 24.0 Å². The molecule has 0 aliphatic carbocycles. The first kappa shape index (κ1) is 18.6. The van der Waals surface area contributed by atoms with Crippen LogP contribution >= 0.6 is 0 Å². The zero-order valence-corrected chi connectivity index (χ0v) is 16.3. The van der Waals surface area contributed by atoms with Gasteiger partial charge in [-0.1, -0.05) is 0 Å². The molecule has 2 saturated heterocycles. The van der Waals surface area contributed by atoms with Crippen molar-refractivity contribution in [1.29, 1.82) is 0 Å². The van der Waals surface area contributed by atoms with Crippen LogP contribution in [0.4, 0.5) is 0 Å². The summed E-state index contributed by atoms with van der Waals surface area (Å²) in [5, 5.41) is 4.40.